The van der Waals surface area contributed by atoms with Crippen LogP contribution in [0, 0.1) is 0 Å². The standard InChI is InChI=1S/C12H15N.C12H14O.C12H16O.2C11H14O2.C11H14O.C11H12O.C11H14O.C11H12O.C10H10F2O2.CH3F.CH4/c2*1-12(2,3)11-8-9-6-4-5-7-10(9)13-11;1-9(2)11-7-3-5-10-6-4-8-13-12(10)11;1-8(2)10-5-3-4-9-6-12-7-13-11(9)10;1-8(2)9-4-3-5-10-11(9)13-7-6-12-10;2*1-8(2)9-4-3-5-11-10(9)6-7-12-11;2*1-8(2)10-5-3-4-9-6-7-12-11(9)10;1-6(2)7-4-3-5-8-9(7)14-10(11,12)13-8;1-2;/h4-8,13H,1-3H3;4-8H,1-3H3;3,5,7,9H,4,6,8H2,1-2H3;2*3-5,8H,6-7H2,1-2H3;3-5,8H,6-7H2,1-2H3;3-8H,1-2H3;3-5,8H,6-7H2,1-2H3;3-8H,1-2H3;3-6H,1-2H3;1H3;1H4. The predicted octanol–water partition coefficient (Wildman–Crippen LogP) is 32.5. The van der Waals surface area contributed by atoms with Gasteiger partial charge in [-0.15, -0.1) is 8.78 Å². The first kappa shape index (κ1) is 102. The second-order valence-corrected chi connectivity index (χ2v) is 37.3. The lowest BCUT2D eigenvalue weighted by Gasteiger charge is -2.22. The molecule has 4 aromatic heterocycles. The number of aryl methyl sites for hydroxylation is 1. The van der Waals surface area contributed by atoms with Crippen molar-refractivity contribution < 1.29 is 69.1 Å². The van der Waals surface area contributed by atoms with Crippen LogP contribution >= 0.6 is 0 Å². The maximum Gasteiger partial charge on any atom is 0.586 e. The Morgan fingerprint density at radius 3 is 1.40 bits per heavy atom. The normalized spacial score (nSPS) is 13.7. The molecule has 20 rings (SSSR count). The Morgan fingerprint density at radius 2 is 0.800 bits per heavy atom. The van der Waals surface area contributed by atoms with E-state index >= 15 is 0 Å². The summed E-state index contributed by atoms with van der Waals surface area (Å²) >= 11 is 0. The van der Waals surface area contributed by atoms with Gasteiger partial charge in [-0.2, -0.15) is 0 Å². The third-order valence-corrected chi connectivity index (χ3v) is 22.7. The van der Waals surface area contributed by atoms with Gasteiger partial charge in [0.15, 0.2) is 29.8 Å². The van der Waals surface area contributed by atoms with E-state index in [1.54, 1.807) is 24.7 Å². The molecule has 0 saturated carbocycles. The molecule has 1 N–H and O–H groups in total. The van der Waals surface area contributed by atoms with Crippen LogP contribution in [0.2, 0.25) is 0 Å². The second-order valence-electron chi connectivity index (χ2n) is 37.3. The third kappa shape index (κ3) is 27.6. The molecule has 0 aliphatic carbocycles. The molecule has 6 aliphatic heterocycles. The van der Waals surface area contributed by atoms with E-state index in [1.165, 1.54) is 101 Å². The van der Waals surface area contributed by atoms with Gasteiger partial charge in [-0.1, -0.05) is 317 Å². The SMILES string of the molecule is C.CC(C)(C)c1cc2ccccc2[nH]1.CC(C)(C)c1cc2ccccc2o1.CC(C)c1cccc2c1CCO2.CC(C)c1cccc2c1OC(F)(F)O2.CC(C)c1cccc2c1OCC2.CC(C)c1cccc2c1OCCC2.CC(C)c1cccc2c1OCCO2.CC(C)c1cccc2c1OCOC2.CC(C)c1cccc2ccoc12.CC(C)c1cccc2occc12.CF. The Balaban J connectivity index is 0.000000162. The number of nitrogens with one attached hydrogen (secondary N) is 1. The molecule has 10 heterocycles. The lowest BCUT2D eigenvalue weighted by Crippen LogP contribution is -2.26. The van der Waals surface area contributed by atoms with E-state index in [0.717, 1.165) is 107 Å². The average molecular weight is 1780 g/mol. The number of alkyl halides is 3. The van der Waals surface area contributed by atoms with Gasteiger partial charge < -0.3 is 60.9 Å². The zero-order chi connectivity index (χ0) is 93.3. The van der Waals surface area contributed by atoms with Gasteiger partial charge in [0, 0.05) is 73.3 Å². The fourth-order valence-corrected chi connectivity index (χ4v) is 15.8. The monoisotopic (exact) mass is 1770 g/mol. The summed E-state index contributed by atoms with van der Waals surface area (Å²) in [5, 5.41) is 4.92. The number of hydrogen-bond acceptors (Lipinski definition) is 12. The molecule has 0 spiro atoms. The largest absolute Gasteiger partial charge is 0.586 e. The number of fused-ring (bicyclic) bond motifs is 10. The number of furan rings is 3. The minimum absolute atomic E-state index is 0. The summed E-state index contributed by atoms with van der Waals surface area (Å²) in [5.41, 5.74) is 21.2. The second kappa shape index (κ2) is 47.9. The van der Waals surface area contributed by atoms with Gasteiger partial charge in [-0.25, -0.2) is 0 Å². The molecule has 0 bridgehead atoms. The van der Waals surface area contributed by atoms with Gasteiger partial charge in [-0.3, -0.25) is 4.39 Å². The molecule has 10 aromatic carbocycles. The number of halogens is 3. The van der Waals surface area contributed by atoms with E-state index in [2.05, 4.69) is 299 Å². The molecule has 13 nitrogen and oxygen atoms in total. The van der Waals surface area contributed by atoms with Gasteiger partial charge in [0.05, 0.1) is 46.1 Å². The van der Waals surface area contributed by atoms with E-state index in [0.29, 0.717) is 75.2 Å². The highest BCUT2D eigenvalue weighted by atomic mass is 19.3. The Hall–Kier alpha value is -11.5. The molecular weight excluding hydrogens is 1630 g/mol. The first-order valence-electron chi connectivity index (χ1n) is 45.9. The summed E-state index contributed by atoms with van der Waals surface area (Å²) < 4.78 is 98.8. The molecule has 0 fully saturated rings. The molecule has 130 heavy (non-hydrogen) atoms. The van der Waals surface area contributed by atoms with Gasteiger partial charge in [-0.05, 0) is 171 Å². The number of hydrogen-bond donors (Lipinski definition) is 1. The quantitative estimate of drug-likeness (QED) is 0.155. The van der Waals surface area contributed by atoms with E-state index in [1.807, 2.05) is 68.4 Å². The van der Waals surface area contributed by atoms with Crippen molar-refractivity contribution in [3.63, 3.8) is 0 Å². The fraction of sp³-hybridized carbons (Fsp3) is 0.404. The Labute approximate surface area is 772 Å². The summed E-state index contributed by atoms with van der Waals surface area (Å²) in [7, 11) is 0.500. The number of ether oxygens (including phenoxy) is 9. The Bertz CT molecular complexity index is 5380. The van der Waals surface area contributed by atoms with Crippen LogP contribution in [0.4, 0.5) is 13.2 Å². The molecule has 696 valence electrons. The maximum atomic E-state index is 12.7. The van der Waals surface area contributed by atoms with E-state index in [9.17, 15) is 13.2 Å². The van der Waals surface area contributed by atoms with E-state index in [4.69, 9.17) is 46.4 Å². The van der Waals surface area contributed by atoms with Gasteiger partial charge in [0.2, 0.25) is 0 Å². The molecule has 6 aliphatic rings. The third-order valence-electron chi connectivity index (χ3n) is 22.7. The number of benzene rings is 10. The highest BCUT2D eigenvalue weighted by Crippen LogP contribution is 2.46. The van der Waals surface area contributed by atoms with Crippen LogP contribution in [0.25, 0.3) is 43.8 Å². The lowest BCUT2D eigenvalue weighted by molar-refractivity contribution is -0.287. The number of para-hydroxylation sites is 8. The van der Waals surface area contributed by atoms with Crippen LogP contribution < -0.4 is 37.9 Å². The van der Waals surface area contributed by atoms with Crippen LogP contribution in [-0.4, -0.2) is 58.3 Å². The number of H-pyrrole nitrogens is 1. The van der Waals surface area contributed by atoms with Crippen molar-refractivity contribution in [2.45, 2.75) is 257 Å². The van der Waals surface area contributed by atoms with E-state index in [-0.39, 0.29) is 35.7 Å². The molecule has 0 amide bonds. The molecular formula is C114H142F3NO12. The van der Waals surface area contributed by atoms with Crippen molar-refractivity contribution in [3.05, 3.63) is 309 Å². The molecule has 0 unspecified atom stereocenters. The molecule has 0 radical (unpaired) electrons. The summed E-state index contributed by atoms with van der Waals surface area (Å²) in [6.07, 6.45) is 4.48. The van der Waals surface area contributed by atoms with Crippen LogP contribution in [0.3, 0.4) is 0 Å². The van der Waals surface area contributed by atoms with E-state index < -0.39 is 6.29 Å². The number of aromatic amines is 1. The summed E-state index contributed by atoms with van der Waals surface area (Å²) in [4.78, 5) is 3.44. The zero-order valence-corrected chi connectivity index (χ0v) is 80.4. The fourth-order valence-electron chi connectivity index (χ4n) is 15.8. The van der Waals surface area contributed by atoms with Crippen LogP contribution in [-0.2, 0) is 41.4 Å². The Morgan fingerprint density at radius 1 is 0.346 bits per heavy atom. The first-order chi connectivity index (χ1) is 61.7. The minimum Gasteiger partial charge on any atom is -0.493 e. The van der Waals surface area contributed by atoms with Crippen molar-refractivity contribution in [2.24, 2.45) is 0 Å². The lowest BCUT2D eigenvalue weighted by atomic mass is 9.92. The van der Waals surface area contributed by atoms with Crippen LogP contribution in [0.15, 0.2) is 244 Å². The van der Waals surface area contributed by atoms with Gasteiger partial charge >= 0.3 is 6.29 Å². The number of rotatable bonds is 8. The van der Waals surface area contributed by atoms with Gasteiger partial charge in [0.1, 0.15) is 58.7 Å². The molecule has 0 saturated heterocycles. The maximum absolute atomic E-state index is 12.7. The van der Waals surface area contributed by atoms with Gasteiger partial charge in [0.25, 0.3) is 0 Å². The van der Waals surface area contributed by atoms with Crippen molar-refractivity contribution in [1.29, 1.82) is 0 Å². The van der Waals surface area contributed by atoms with Crippen molar-refractivity contribution in [1.82, 2.24) is 4.98 Å². The summed E-state index contributed by atoms with van der Waals surface area (Å²) in [5.74, 6) is 11.5. The first-order valence-corrected chi connectivity index (χ1v) is 45.9. The average Bonchev–Trinajstić information content (AvgIpc) is 1.65. The summed E-state index contributed by atoms with van der Waals surface area (Å²) in [6.45, 7) is 52.7. The smallest absolute Gasteiger partial charge is 0.493 e. The van der Waals surface area contributed by atoms with Crippen molar-refractivity contribution in [3.8, 4) is 46.0 Å². The zero-order valence-electron chi connectivity index (χ0n) is 80.4. The molecule has 0 atom stereocenters. The van der Waals surface area contributed by atoms with Crippen LogP contribution in [0.1, 0.15) is 292 Å². The topological polar surface area (TPSA) is 138 Å². The minimum atomic E-state index is -3.52. The van der Waals surface area contributed by atoms with Crippen LogP contribution in [0.5, 0.6) is 46.0 Å². The van der Waals surface area contributed by atoms with Crippen molar-refractivity contribution >= 4 is 43.8 Å². The Kier molecular flexibility index (Phi) is 37.7. The number of aromatic nitrogens is 1. The highest BCUT2D eigenvalue weighted by Gasteiger charge is 2.44. The summed E-state index contributed by atoms with van der Waals surface area (Å²) in [6, 6.07) is 73.9. The highest BCUT2D eigenvalue weighted by molar-refractivity contribution is 5.83. The van der Waals surface area contributed by atoms with Crippen molar-refractivity contribution in [2.75, 3.05) is 47.0 Å². The molecule has 16 heteroatoms. The molecule has 14 aromatic rings. The predicted molar refractivity (Wildman–Crippen MR) is 529 cm³/mol.